The number of fused-ring (bicyclic) bond motifs is 6. The van der Waals surface area contributed by atoms with Crippen LogP contribution in [0.25, 0.3) is 0 Å². The lowest BCUT2D eigenvalue weighted by Crippen LogP contribution is -2.58. The Morgan fingerprint density at radius 3 is 2.11 bits per heavy atom. The first-order chi connectivity index (χ1) is 22.9. The van der Waals surface area contributed by atoms with E-state index < -0.39 is 0 Å². The Hall–Kier alpha value is -5.71. The first-order valence-electron chi connectivity index (χ1n) is 16.1. The van der Waals surface area contributed by atoms with Crippen molar-refractivity contribution in [2.24, 2.45) is 0 Å². The van der Waals surface area contributed by atoms with Crippen LogP contribution >= 0.6 is 0 Å². The lowest BCUT2D eigenvalue weighted by molar-refractivity contribution is 0.237. The molecule has 10 rings (SSSR count). The maximum Gasteiger partial charge on any atom is 0.236 e. The van der Waals surface area contributed by atoms with E-state index in [2.05, 4.69) is 183 Å². The van der Waals surface area contributed by atoms with Crippen molar-refractivity contribution in [3.05, 3.63) is 198 Å². The molecule has 0 aromatic heterocycles. The van der Waals surface area contributed by atoms with Crippen LogP contribution in [0, 0.1) is 0 Å². The number of allylic oxidation sites excluding steroid dienone is 7. The van der Waals surface area contributed by atoms with Crippen molar-refractivity contribution < 1.29 is 0 Å². The highest BCUT2D eigenvalue weighted by molar-refractivity contribution is 6.14. The van der Waals surface area contributed by atoms with Crippen molar-refractivity contribution in [3.8, 4) is 0 Å². The van der Waals surface area contributed by atoms with E-state index in [4.69, 9.17) is 0 Å². The average Bonchev–Trinajstić information content (AvgIpc) is 3.46. The van der Waals surface area contributed by atoms with Crippen LogP contribution < -0.4 is 14.5 Å². The summed E-state index contributed by atoms with van der Waals surface area (Å²) in [5, 5.41) is 5.19. The molecule has 0 amide bonds. The summed E-state index contributed by atoms with van der Waals surface area (Å²) in [4.78, 5) is 2.44. The molecule has 0 saturated carbocycles. The van der Waals surface area contributed by atoms with Gasteiger partial charge in [0.25, 0.3) is 0 Å². The van der Waals surface area contributed by atoms with Gasteiger partial charge in [-0.1, -0.05) is 109 Å². The highest BCUT2D eigenvalue weighted by Gasteiger charge is 2.54. The number of nitrogens with zero attached hydrogens (tertiary/aromatic N) is 4. The van der Waals surface area contributed by atoms with Crippen molar-refractivity contribution in [2.75, 3.05) is 9.91 Å². The van der Waals surface area contributed by atoms with Crippen molar-refractivity contribution >= 4 is 34.1 Å². The van der Waals surface area contributed by atoms with Crippen molar-refractivity contribution in [2.45, 2.75) is 18.5 Å². The van der Waals surface area contributed by atoms with E-state index in [0.717, 1.165) is 17.8 Å². The highest BCUT2D eigenvalue weighted by atomic mass is 15.7. The van der Waals surface area contributed by atoms with Gasteiger partial charge in [-0.25, -0.2) is 0 Å². The topological polar surface area (TPSA) is 12.7 Å². The summed E-state index contributed by atoms with van der Waals surface area (Å²) >= 11 is 0. The number of hydrogen-bond donors (Lipinski definition) is 0. The highest BCUT2D eigenvalue weighted by Crippen LogP contribution is 2.54. The lowest BCUT2D eigenvalue weighted by atomic mass is 9.81. The minimum Gasteiger partial charge on any atom is -0.314 e. The smallest absolute Gasteiger partial charge is 0.236 e. The Morgan fingerprint density at radius 1 is 0.674 bits per heavy atom. The number of para-hydroxylation sites is 5. The standard InChI is InChI=1S/C42H31N4/c1-4-15-29(16-5-1)43(30-17-6-2-7-18-30)32-27-36-35-23-14-22-34-33-21-10-11-24-37(33)45(41(34)35)46-39-26-13-12-25-38(39)44(40(28-32)42(36)46)31-19-8-3-9-20-31/h1-27,37,41H,28H2/q+1. The fraction of sp³-hybridized carbons (Fsp3) is 0.0714. The average molecular weight is 592 g/mol. The van der Waals surface area contributed by atoms with E-state index in [9.17, 15) is 0 Å². The number of benzene rings is 4. The molecule has 4 aromatic rings. The third-order valence-electron chi connectivity index (χ3n) is 9.92. The van der Waals surface area contributed by atoms with Gasteiger partial charge >= 0.3 is 0 Å². The largest absolute Gasteiger partial charge is 0.314 e. The molecule has 0 spiro atoms. The number of hydrazine groups is 1. The van der Waals surface area contributed by atoms with Crippen LogP contribution in [0.15, 0.2) is 198 Å². The van der Waals surface area contributed by atoms with E-state index in [1.54, 1.807) is 0 Å². The minimum atomic E-state index is 0.131. The van der Waals surface area contributed by atoms with E-state index in [-0.39, 0.29) is 12.1 Å². The fourth-order valence-corrected chi connectivity index (χ4v) is 8.14. The van der Waals surface area contributed by atoms with E-state index in [1.165, 1.54) is 56.5 Å². The number of rotatable bonds is 4. The predicted molar refractivity (Wildman–Crippen MR) is 189 cm³/mol. The molecule has 2 atom stereocenters. The summed E-state index contributed by atoms with van der Waals surface area (Å²) < 4.78 is 2.50. The SMILES string of the molecule is C1=CC2=C3C=CC=C4C5=C6C(=[N+](c7ccccc7)c7ccccc7N6N(C2C=C1)C43)CC(N(c1ccccc1)c1ccccc1)=C5. The maximum absolute atomic E-state index is 2.63. The summed E-state index contributed by atoms with van der Waals surface area (Å²) in [6.45, 7) is 0. The minimum absolute atomic E-state index is 0.131. The molecule has 218 valence electrons. The summed E-state index contributed by atoms with van der Waals surface area (Å²) in [7, 11) is 0. The third-order valence-corrected chi connectivity index (χ3v) is 9.92. The van der Waals surface area contributed by atoms with Gasteiger partial charge in [-0.3, -0.25) is 5.01 Å². The predicted octanol–water partition coefficient (Wildman–Crippen LogP) is 9.06. The van der Waals surface area contributed by atoms with Gasteiger partial charge in [0.15, 0.2) is 0 Å². The van der Waals surface area contributed by atoms with Crippen LogP contribution in [0.5, 0.6) is 0 Å². The first kappa shape index (κ1) is 25.6. The quantitative estimate of drug-likeness (QED) is 0.220. The lowest BCUT2D eigenvalue weighted by Gasteiger charge is -2.50. The van der Waals surface area contributed by atoms with Crippen LogP contribution in [0.3, 0.4) is 0 Å². The van der Waals surface area contributed by atoms with Gasteiger partial charge < -0.3 is 4.90 Å². The molecule has 3 aliphatic carbocycles. The second-order valence-corrected chi connectivity index (χ2v) is 12.4. The summed E-state index contributed by atoms with van der Waals surface area (Å²) in [6.07, 6.45) is 19.2. The molecular weight excluding hydrogens is 560 g/mol. The molecule has 4 nitrogen and oxygen atoms in total. The second-order valence-electron chi connectivity index (χ2n) is 12.4. The van der Waals surface area contributed by atoms with Crippen LogP contribution in [0.4, 0.5) is 28.4 Å². The van der Waals surface area contributed by atoms with Crippen molar-refractivity contribution in [3.63, 3.8) is 0 Å². The Bertz CT molecular complexity index is 2140. The Kier molecular flexibility index (Phi) is 5.51. The van der Waals surface area contributed by atoms with E-state index in [1.807, 2.05) is 0 Å². The molecule has 4 aromatic carbocycles. The Morgan fingerprint density at radius 2 is 1.35 bits per heavy atom. The van der Waals surface area contributed by atoms with Gasteiger partial charge in [0.2, 0.25) is 17.1 Å². The maximum atomic E-state index is 2.63. The Labute approximate surface area is 269 Å². The zero-order chi connectivity index (χ0) is 30.2. The monoisotopic (exact) mass is 591 g/mol. The zero-order valence-electron chi connectivity index (χ0n) is 25.2. The first-order valence-corrected chi connectivity index (χ1v) is 16.1. The molecule has 0 saturated heterocycles. The van der Waals surface area contributed by atoms with Gasteiger partial charge in [-0.15, -0.1) is 0 Å². The van der Waals surface area contributed by atoms with Crippen LogP contribution in [-0.2, 0) is 0 Å². The third kappa shape index (κ3) is 3.56. The molecule has 3 heterocycles. The summed E-state index contributed by atoms with van der Waals surface area (Å²) in [5.74, 6) is 0. The molecule has 0 N–H and O–H groups in total. The van der Waals surface area contributed by atoms with Crippen LogP contribution in [0.2, 0.25) is 0 Å². The molecule has 0 fully saturated rings. The zero-order valence-corrected chi connectivity index (χ0v) is 25.2. The van der Waals surface area contributed by atoms with Crippen LogP contribution in [0.1, 0.15) is 6.42 Å². The summed E-state index contributed by atoms with van der Waals surface area (Å²) in [6, 6.07) is 41.7. The molecular formula is C42H31N4+. The van der Waals surface area contributed by atoms with E-state index in [0.29, 0.717) is 0 Å². The molecule has 4 heteroatoms. The molecule has 6 aliphatic rings. The molecule has 3 aliphatic heterocycles. The molecule has 0 radical (unpaired) electrons. The number of hydrogen-bond acceptors (Lipinski definition) is 3. The van der Waals surface area contributed by atoms with Gasteiger partial charge in [0.05, 0.1) is 18.5 Å². The second kappa shape index (κ2) is 9.90. The van der Waals surface area contributed by atoms with Gasteiger partial charge in [0.1, 0.15) is 11.4 Å². The normalized spacial score (nSPS) is 21.9. The van der Waals surface area contributed by atoms with Crippen molar-refractivity contribution in [1.29, 1.82) is 0 Å². The Balaban J connectivity index is 1.30. The fourth-order valence-electron chi connectivity index (χ4n) is 8.14. The van der Waals surface area contributed by atoms with Gasteiger partial charge in [0, 0.05) is 40.8 Å². The number of anilines is 3. The van der Waals surface area contributed by atoms with Gasteiger partial charge in [-0.05, 0) is 53.1 Å². The molecule has 2 unspecified atom stereocenters. The van der Waals surface area contributed by atoms with E-state index >= 15 is 0 Å². The molecule has 46 heavy (non-hydrogen) atoms. The molecule has 0 bridgehead atoms. The van der Waals surface area contributed by atoms with Crippen molar-refractivity contribution in [1.82, 2.24) is 9.58 Å². The summed E-state index contributed by atoms with van der Waals surface area (Å²) in [5.41, 5.74) is 15.1. The van der Waals surface area contributed by atoms with Crippen LogP contribution in [-0.4, -0.2) is 22.8 Å². The van der Waals surface area contributed by atoms with Gasteiger partial charge in [-0.2, -0.15) is 9.58 Å².